The maximum Gasteiger partial charge on any atom is 0.253 e. The number of amides is 2. The lowest BCUT2D eigenvalue weighted by Gasteiger charge is -2.25. The Kier molecular flexibility index (Phi) is 12.9. The lowest BCUT2D eigenvalue weighted by Crippen LogP contribution is -2.48. The number of hydrogen-bond donors (Lipinski definition) is 3. The smallest absolute Gasteiger partial charge is 0.253 e. The van der Waals surface area contributed by atoms with Crippen LogP contribution in [0.25, 0.3) is 0 Å². The van der Waals surface area contributed by atoms with Gasteiger partial charge in [0.2, 0.25) is 0 Å². The van der Waals surface area contributed by atoms with E-state index in [1.807, 2.05) is 45.0 Å². The molecule has 0 radical (unpaired) electrons. The molecule has 0 aliphatic carbocycles. The third-order valence-electron chi connectivity index (χ3n) is 6.90. The van der Waals surface area contributed by atoms with E-state index in [4.69, 9.17) is 0 Å². The van der Waals surface area contributed by atoms with Gasteiger partial charge in [-0.15, -0.1) is 5.92 Å². The van der Waals surface area contributed by atoms with Crippen molar-refractivity contribution >= 4 is 11.8 Å². The quantitative estimate of drug-likeness (QED) is 0.220. The second-order valence-corrected chi connectivity index (χ2v) is 10.7. The average Bonchev–Trinajstić information content (AvgIpc) is 2.96. The summed E-state index contributed by atoms with van der Waals surface area (Å²) in [4.78, 5) is 28.5. The second-order valence-electron chi connectivity index (χ2n) is 10.7. The van der Waals surface area contributed by atoms with Crippen molar-refractivity contribution < 1.29 is 23.5 Å². The van der Waals surface area contributed by atoms with Crippen molar-refractivity contribution in [3.05, 3.63) is 106 Å². The normalized spacial score (nSPS) is 12.2. The minimum atomic E-state index is -1.09. The van der Waals surface area contributed by atoms with Gasteiger partial charge in [-0.05, 0) is 92.3 Å². The Morgan fingerprint density at radius 3 is 2.26 bits per heavy atom. The molecule has 0 saturated heterocycles. The number of rotatable bonds is 14. The summed E-state index contributed by atoms with van der Waals surface area (Å²) in [6.45, 7) is 9.37. The Hall–Kier alpha value is -4.06. The number of carbonyl (C=O) groups is 2. The highest BCUT2D eigenvalue weighted by atomic mass is 19.1. The molecule has 43 heavy (non-hydrogen) atoms. The molecule has 0 saturated carbocycles. The lowest BCUT2D eigenvalue weighted by atomic mass is 9.99. The summed E-state index contributed by atoms with van der Waals surface area (Å²) < 4.78 is 28.0. The fourth-order valence-corrected chi connectivity index (χ4v) is 5.00. The van der Waals surface area contributed by atoms with Gasteiger partial charge in [0.25, 0.3) is 11.8 Å². The molecule has 0 aliphatic heterocycles. The fraction of sp³-hybridized carbons (Fsp3) is 0.371. The summed E-state index contributed by atoms with van der Waals surface area (Å²) in [5, 5.41) is 17.2. The van der Waals surface area contributed by atoms with E-state index >= 15 is 0 Å². The van der Waals surface area contributed by atoms with Crippen LogP contribution in [0.15, 0.2) is 60.7 Å². The van der Waals surface area contributed by atoms with Gasteiger partial charge in [0.1, 0.15) is 11.6 Å². The Balaban J connectivity index is 1.81. The van der Waals surface area contributed by atoms with Crippen LogP contribution >= 0.6 is 0 Å². The van der Waals surface area contributed by atoms with Crippen LogP contribution in [-0.2, 0) is 13.0 Å². The SMILES string of the molecule is CC#Cc1cccc(CNC[C@@H](O)[C@H](Cc2cc(F)cc(F)c2)NC(=O)c2cc(C)cc(C(=O)N(CCC)CCC)c2)c1. The third-order valence-corrected chi connectivity index (χ3v) is 6.90. The van der Waals surface area contributed by atoms with Crippen LogP contribution in [-0.4, -0.2) is 53.6 Å². The first-order valence-corrected chi connectivity index (χ1v) is 14.7. The van der Waals surface area contributed by atoms with Crippen molar-refractivity contribution in [1.82, 2.24) is 15.5 Å². The maximum absolute atomic E-state index is 14.0. The highest BCUT2D eigenvalue weighted by Gasteiger charge is 2.24. The number of benzene rings is 3. The van der Waals surface area contributed by atoms with Crippen LogP contribution < -0.4 is 10.6 Å². The van der Waals surface area contributed by atoms with Gasteiger partial charge in [0.15, 0.2) is 0 Å². The van der Waals surface area contributed by atoms with Crippen LogP contribution in [0.4, 0.5) is 8.78 Å². The van der Waals surface area contributed by atoms with Gasteiger partial charge in [0.05, 0.1) is 12.1 Å². The number of nitrogens with one attached hydrogen (secondary N) is 2. The molecule has 2 amide bonds. The molecule has 0 spiro atoms. The number of halogens is 2. The van der Waals surface area contributed by atoms with E-state index in [0.717, 1.165) is 35.6 Å². The molecule has 8 heteroatoms. The highest BCUT2D eigenvalue weighted by molar-refractivity contribution is 6.00. The van der Waals surface area contributed by atoms with E-state index in [-0.39, 0.29) is 24.4 Å². The summed E-state index contributed by atoms with van der Waals surface area (Å²) in [5.74, 6) is 3.75. The number of carbonyl (C=O) groups excluding carboxylic acids is 2. The molecule has 0 aliphatic rings. The van der Waals surface area contributed by atoms with Crippen molar-refractivity contribution in [2.24, 2.45) is 0 Å². The topological polar surface area (TPSA) is 81.7 Å². The van der Waals surface area contributed by atoms with Crippen LogP contribution in [0.3, 0.4) is 0 Å². The Morgan fingerprint density at radius 2 is 1.60 bits per heavy atom. The van der Waals surface area contributed by atoms with Crippen LogP contribution in [0, 0.1) is 30.4 Å². The predicted octanol–water partition coefficient (Wildman–Crippen LogP) is 5.40. The number of nitrogens with zero attached hydrogens (tertiary/aromatic N) is 1. The maximum atomic E-state index is 14.0. The van der Waals surface area contributed by atoms with Crippen LogP contribution in [0.1, 0.15) is 76.6 Å². The second kappa shape index (κ2) is 16.5. The van der Waals surface area contributed by atoms with Gasteiger partial charge < -0.3 is 20.6 Å². The van der Waals surface area contributed by atoms with Crippen molar-refractivity contribution in [2.45, 2.75) is 65.6 Å². The van der Waals surface area contributed by atoms with Crippen molar-refractivity contribution in [3.8, 4) is 11.8 Å². The first kappa shape index (κ1) is 33.4. The largest absolute Gasteiger partial charge is 0.390 e. The van der Waals surface area contributed by atoms with E-state index in [2.05, 4.69) is 22.5 Å². The van der Waals surface area contributed by atoms with Gasteiger partial charge in [-0.2, -0.15) is 0 Å². The zero-order valence-corrected chi connectivity index (χ0v) is 25.3. The number of aliphatic hydroxyl groups is 1. The summed E-state index contributed by atoms with van der Waals surface area (Å²) in [5.41, 5.74) is 3.56. The fourth-order valence-electron chi connectivity index (χ4n) is 5.00. The number of aliphatic hydroxyl groups excluding tert-OH is 1. The Labute approximate surface area is 253 Å². The molecular weight excluding hydrogens is 548 g/mol. The zero-order valence-electron chi connectivity index (χ0n) is 25.3. The molecule has 3 aromatic rings. The Morgan fingerprint density at radius 1 is 0.930 bits per heavy atom. The molecule has 0 heterocycles. The van der Waals surface area contributed by atoms with Crippen molar-refractivity contribution in [2.75, 3.05) is 19.6 Å². The lowest BCUT2D eigenvalue weighted by molar-refractivity contribution is 0.0755. The van der Waals surface area contributed by atoms with Gasteiger partial charge >= 0.3 is 0 Å². The highest BCUT2D eigenvalue weighted by Crippen LogP contribution is 2.16. The molecule has 3 aromatic carbocycles. The van der Waals surface area contributed by atoms with Crippen LogP contribution in [0.2, 0.25) is 0 Å². The molecule has 2 atom stereocenters. The number of hydrogen-bond acceptors (Lipinski definition) is 4. The molecule has 3 rings (SSSR count). The van der Waals surface area contributed by atoms with Gasteiger partial charge in [-0.1, -0.05) is 31.9 Å². The van der Waals surface area contributed by atoms with Crippen LogP contribution in [0.5, 0.6) is 0 Å². The minimum absolute atomic E-state index is 0.0107. The summed E-state index contributed by atoms with van der Waals surface area (Å²) in [6.07, 6.45) is 0.530. The van der Waals surface area contributed by atoms with E-state index in [9.17, 15) is 23.5 Å². The number of aryl methyl sites for hydroxylation is 1. The van der Waals surface area contributed by atoms with Crippen molar-refractivity contribution in [1.29, 1.82) is 0 Å². The molecule has 0 fully saturated rings. The standard InChI is InChI=1S/C35H41F2N3O3/c1-5-9-25-10-8-11-26(16-25)22-38-23-33(41)32(19-27-17-30(36)21-31(37)18-27)39-34(42)28-14-24(4)15-29(20-28)35(43)40(12-6-2)13-7-3/h8,10-11,14-18,20-21,32-33,38,41H,6-7,12-13,19,22-23H2,1-4H3,(H,39,42)/t32-,33+/m0/s1. The zero-order chi connectivity index (χ0) is 31.4. The molecule has 3 N–H and O–H groups in total. The van der Waals surface area contributed by atoms with Crippen molar-refractivity contribution in [3.63, 3.8) is 0 Å². The summed E-state index contributed by atoms with van der Waals surface area (Å²) in [7, 11) is 0. The van der Waals surface area contributed by atoms with Gasteiger partial charge in [0, 0.05) is 48.9 Å². The van der Waals surface area contributed by atoms with Gasteiger partial charge in [-0.25, -0.2) is 8.78 Å². The molecule has 228 valence electrons. The minimum Gasteiger partial charge on any atom is -0.390 e. The molecule has 0 unspecified atom stereocenters. The summed E-state index contributed by atoms with van der Waals surface area (Å²) >= 11 is 0. The predicted molar refractivity (Wildman–Crippen MR) is 166 cm³/mol. The first-order valence-electron chi connectivity index (χ1n) is 14.7. The first-order chi connectivity index (χ1) is 20.6. The van der Waals surface area contributed by atoms with Gasteiger partial charge in [-0.3, -0.25) is 9.59 Å². The monoisotopic (exact) mass is 589 g/mol. The third kappa shape index (κ3) is 10.3. The molecular formula is C35H41F2N3O3. The molecule has 0 bridgehead atoms. The summed E-state index contributed by atoms with van der Waals surface area (Å²) in [6, 6.07) is 14.9. The van der Waals surface area contributed by atoms with E-state index in [0.29, 0.717) is 30.8 Å². The van der Waals surface area contributed by atoms with E-state index in [1.54, 1.807) is 30.0 Å². The average molecular weight is 590 g/mol. The Bertz CT molecular complexity index is 1440. The van der Waals surface area contributed by atoms with E-state index < -0.39 is 29.7 Å². The van der Waals surface area contributed by atoms with E-state index in [1.165, 1.54) is 12.1 Å². The molecule has 6 nitrogen and oxygen atoms in total. The molecule has 0 aromatic heterocycles.